The zero-order valence-corrected chi connectivity index (χ0v) is 17.2. The molecule has 5 rings (SSSR count). The number of rotatable bonds is 2. The molecule has 0 unspecified atom stereocenters. The number of hydrogen-bond donors (Lipinski definition) is 1. The maximum absolute atomic E-state index is 14.2. The topological polar surface area (TPSA) is 71.8 Å². The molecule has 1 aliphatic rings. The van der Waals surface area contributed by atoms with Gasteiger partial charge in [-0.05, 0) is 54.5 Å². The molecule has 164 valence electrons. The molecule has 2 aromatic heterocycles. The Labute approximate surface area is 187 Å². The fourth-order valence-corrected chi connectivity index (χ4v) is 3.63. The Morgan fingerprint density at radius 1 is 1.12 bits per heavy atom. The largest absolute Gasteiger partial charge is 0.346 e. The van der Waals surface area contributed by atoms with Crippen molar-refractivity contribution in [3.05, 3.63) is 95.4 Å². The van der Waals surface area contributed by atoms with Gasteiger partial charge in [0.1, 0.15) is 17.3 Å². The Kier molecular flexibility index (Phi) is 5.42. The van der Waals surface area contributed by atoms with E-state index in [1.54, 1.807) is 47.2 Å². The Morgan fingerprint density at radius 3 is 2.94 bits per heavy atom. The van der Waals surface area contributed by atoms with Crippen molar-refractivity contribution in [3.8, 4) is 11.8 Å². The molecular formula is C24H17F2N5O2. The summed E-state index contributed by atoms with van der Waals surface area (Å²) in [5, 5.41) is 7.99. The van der Waals surface area contributed by atoms with Crippen LogP contribution in [-0.2, 0) is 4.84 Å². The monoisotopic (exact) mass is 445 g/mol. The molecule has 9 heteroatoms. The smallest absolute Gasteiger partial charge is 0.306 e. The number of carbonyl (C=O) groups excluding carboxylic acids is 1. The first-order chi connectivity index (χ1) is 16.1. The summed E-state index contributed by atoms with van der Waals surface area (Å²) in [6, 6.07) is 12.4. The van der Waals surface area contributed by atoms with Crippen molar-refractivity contribution in [2.45, 2.75) is 12.5 Å². The zero-order valence-electron chi connectivity index (χ0n) is 17.2. The first-order valence-electron chi connectivity index (χ1n) is 10.2. The number of benzene rings is 2. The Hall–Kier alpha value is -4.29. The van der Waals surface area contributed by atoms with E-state index in [2.05, 4.69) is 27.2 Å². The quantitative estimate of drug-likeness (QED) is 0.467. The fourth-order valence-electron chi connectivity index (χ4n) is 3.63. The van der Waals surface area contributed by atoms with Gasteiger partial charge in [-0.3, -0.25) is 4.84 Å². The number of urea groups is 1. The highest BCUT2D eigenvalue weighted by molar-refractivity contribution is 5.89. The van der Waals surface area contributed by atoms with Gasteiger partial charge in [0.25, 0.3) is 0 Å². The summed E-state index contributed by atoms with van der Waals surface area (Å²) >= 11 is 0. The molecule has 0 bridgehead atoms. The van der Waals surface area contributed by atoms with Crippen molar-refractivity contribution < 1.29 is 18.4 Å². The molecule has 7 nitrogen and oxygen atoms in total. The van der Waals surface area contributed by atoms with Crippen LogP contribution in [0.1, 0.15) is 29.3 Å². The summed E-state index contributed by atoms with van der Waals surface area (Å²) in [5.74, 6) is 4.88. The van der Waals surface area contributed by atoms with Gasteiger partial charge in [0.05, 0.1) is 18.8 Å². The second-order valence-electron chi connectivity index (χ2n) is 7.33. The number of halogens is 2. The third-order valence-electron chi connectivity index (χ3n) is 5.15. The number of hydroxylamine groups is 2. The molecule has 2 amide bonds. The number of nitrogens with one attached hydrogen (secondary N) is 1. The molecular weight excluding hydrogens is 428 g/mol. The Bertz CT molecular complexity index is 1410. The van der Waals surface area contributed by atoms with Crippen molar-refractivity contribution in [3.63, 3.8) is 0 Å². The van der Waals surface area contributed by atoms with Crippen LogP contribution in [0, 0.1) is 23.5 Å². The second-order valence-corrected chi connectivity index (χ2v) is 7.33. The van der Waals surface area contributed by atoms with Gasteiger partial charge < -0.3 is 5.32 Å². The highest BCUT2D eigenvalue weighted by Crippen LogP contribution is 2.32. The van der Waals surface area contributed by atoms with Gasteiger partial charge in [0.15, 0.2) is 5.65 Å². The second kappa shape index (κ2) is 8.68. The van der Waals surface area contributed by atoms with Crippen LogP contribution in [0.4, 0.5) is 19.3 Å². The van der Waals surface area contributed by atoms with Crippen LogP contribution in [0.3, 0.4) is 0 Å². The summed E-state index contributed by atoms with van der Waals surface area (Å²) in [5.41, 5.74) is 2.54. The van der Waals surface area contributed by atoms with Crippen LogP contribution < -0.4 is 5.32 Å². The lowest BCUT2D eigenvalue weighted by molar-refractivity contribution is -0.0835. The Morgan fingerprint density at radius 2 is 2.03 bits per heavy atom. The van der Waals surface area contributed by atoms with Crippen LogP contribution in [-0.4, -0.2) is 32.3 Å². The molecule has 0 aliphatic carbocycles. The van der Waals surface area contributed by atoms with Gasteiger partial charge in [-0.25, -0.2) is 23.1 Å². The SMILES string of the molecule is O=C(Nc1cccc(C#Cc2cnc3cccnn23)c1)N1OCC[C@H]1c1cc(F)ccc1F. The van der Waals surface area contributed by atoms with E-state index in [-0.39, 0.29) is 12.2 Å². The molecule has 1 atom stereocenters. The highest BCUT2D eigenvalue weighted by atomic mass is 19.1. The van der Waals surface area contributed by atoms with Gasteiger partial charge >= 0.3 is 6.03 Å². The fraction of sp³-hybridized carbons (Fsp3) is 0.125. The van der Waals surface area contributed by atoms with Crippen molar-refractivity contribution in [2.24, 2.45) is 0 Å². The standard InChI is InChI=1S/C24H17F2N5O2/c25-17-7-9-21(26)20(14-17)22-10-12-33-31(22)24(32)29-18-4-1-3-16(13-18)6-8-19-15-27-23-5-2-11-28-30(19)23/h1-5,7,9,11,13-15,22H,10,12H2,(H,29,32)/t22-/m0/s1. The number of anilines is 1. The minimum absolute atomic E-state index is 0.0731. The molecule has 33 heavy (non-hydrogen) atoms. The highest BCUT2D eigenvalue weighted by Gasteiger charge is 2.34. The normalized spacial score (nSPS) is 15.3. The maximum Gasteiger partial charge on any atom is 0.346 e. The first-order valence-corrected chi connectivity index (χ1v) is 10.2. The van der Waals surface area contributed by atoms with Crippen molar-refractivity contribution in [1.29, 1.82) is 0 Å². The molecule has 3 heterocycles. The molecule has 4 aromatic rings. The summed E-state index contributed by atoms with van der Waals surface area (Å²) in [4.78, 5) is 22.5. The first kappa shape index (κ1) is 20.6. The number of imidazole rings is 1. The van der Waals surface area contributed by atoms with Crippen LogP contribution >= 0.6 is 0 Å². The lowest BCUT2D eigenvalue weighted by Crippen LogP contribution is -2.33. The molecule has 0 saturated carbocycles. The molecule has 0 radical (unpaired) electrons. The van der Waals surface area contributed by atoms with E-state index in [0.717, 1.165) is 23.3 Å². The van der Waals surface area contributed by atoms with Gasteiger partial charge in [-0.1, -0.05) is 12.0 Å². The molecule has 0 spiro atoms. The molecule has 2 aromatic carbocycles. The van der Waals surface area contributed by atoms with Crippen molar-refractivity contribution in [2.75, 3.05) is 11.9 Å². The predicted octanol–water partition coefficient (Wildman–Crippen LogP) is 4.32. The van der Waals surface area contributed by atoms with Crippen LogP contribution in [0.25, 0.3) is 5.65 Å². The van der Waals surface area contributed by atoms with Gasteiger partial charge in [0, 0.05) is 29.4 Å². The number of carbonyl (C=O) groups is 1. The van der Waals surface area contributed by atoms with E-state index in [9.17, 15) is 13.6 Å². The van der Waals surface area contributed by atoms with Gasteiger partial charge in [-0.2, -0.15) is 10.2 Å². The summed E-state index contributed by atoms with van der Waals surface area (Å²) in [6.07, 6.45) is 3.64. The molecule has 1 N–H and O–H groups in total. The average Bonchev–Trinajstić information content (AvgIpc) is 3.47. The number of hydrogen-bond acceptors (Lipinski definition) is 4. The van der Waals surface area contributed by atoms with Gasteiger partial charge in [-0.15, -0.1) is 0 Å². The maximum atomic E-state index is 14.2. The molecule has 1 fully saturated rings. The minimum atomic E-state index is -0.730. The van der Waals surface area contributed by atoms with Crippen LogP contribution in [0.15, 0.2) is 67.0 Å². The van der Waals surface area contributed by atoms with E-state index in [1.807, 2.05) is 6.07 Å². The number of amides is 2. The lowest BCUT2D eigenvalue weighted by atomic mass is 10.0. The van der Waals surface area contributed by atoms with E-state index in [0.29, 0.717) is 29.0 Å². The number of nitrogens with zero attached hydrogens (tertiary/aromatic N) is 4. The van der Waals surface area contributed by atoms with E-state index in [4.69, 9.17) is 4.84 Å². The van der Waals surface area contributed by atoms with Crippen LogP contribution in [0.2, 0.25) is 0 Å². The average molecular weight is 445 g/mol. The lowest BCUT2D eigenvalue weighted by Gasteiger charge is -2.23. The zero-order chi connectivity index (χ0) is 22.8. The third kappa shape index (κ3) is 4.24. The van der Waals surface area contributed by atoms with E-state index >= 15 is 0 Å². The van der Waals surface area contributed by atoms with Gasteiger partial charge in [0.2, 0.25) is 0 Å². The van der Waals surface area contributed by atoms with Crippen molar-refractivity contribution in [1.82, 2.24) is 19.7 Å². The minimum Gasteiger partial charge on any atom is -0.306 e. The molecule has 1 saturated heterocycles. The summed E-state index contributed by atoms with van der Waals surface area (Å²) < 4.78 is 29.5. The number of fused-ring (bicyclic) bond motifs is 1. The number of aromatic nitrogens is 3. The van der Waals surface area contributed by atoms with Crippen LogP contribution in [0.5, 0.6) is 0 Å². The third-order valence-corrected chi connectivity index (χ3v) is 5.15. The van der Waals surface area contributed by atoms with E-state index in [1.165, 1.54) is 0 Å². The Balaban J connectivity index is 1.34. The molecule has 1 aliphatic heterocycles. The van der Waals surface area contributed by atoms with Crippen molar-refractivity contribution >= 4 is 17.4 Å². The summed E-state index contributed by atoms with van der Waals surface area (Å²) in [6.45, 7) is 0.215. The summed E-state index contributed by atoms with van der Waals surface area (Å²) in [7, 11) is 0. The van der Waals surface area contributed by atoms with E-state index < -0.39 is 23.7 Å². The predicted molar refractivity (Wildman–Crippen MR) is 116 cm³/mol.